The Kier molecular flexibility index (Phi) is 4.72. The molecule has 1 amide bonds. The van der Waals surface area contributed by atoms with Gasteiger partial charge in [0.2, 0.25) is 0 Å². The molecule has 1 N–H and O–H groups in total. The van der Waals surface area contributed by atoms with Crippen LogP contribution in [0.3, 0.4) is 0 Å². The molecule has 1 aliphatic heterocycles. The molecule has 3 aromatic rings. The van der Waals surface area contributed by atoms with E-state index in [0.29, 0.717) is 24.6 Å². The highest BCUT2D eigenvalue weighted by atomic mass is 19.4. The lowest BCUT2D eigenvalue weighted by molar-refractivity contribution is -0.173. The van der Waals surface area contributed by atoms with Crippen LogP contribution in [-0.2, 0) is 0 Å². The lowest BCUT2D eigenvalue weighted by atomic mass is 9.67. The number of halogens is 3. The summed E-state index contributed by atoms with van der Waals surface area (Å²) in [7, 11) is 0. The number of nitrogens with zero attached hydrogens (tertiary/aromatic N) is 6. The zero-order chi connectivity index (χ0) is 21.6. The van der Waals surface area contributed by atoms with E-state index in [9.17, 15) is 18.0 Å². The van der Waals surface area contributed by atoms with Crippen LogP contribution in [0.1, 0.15) is 36.2 Å². The third-order valence-electron chi connectivity index (χ3n) is 6.23. The summed E-state index contributed by atoms with van der Waals surface area (Å²) in [6.45, 7) is 0.130. The van der Waals surface area contributed by atoms with Crippen LogP contribution in [0.5, 0.6) is 0 Å². The van der Waals surface area contributed by atoms with Crippen molar-refractivity contribution in [2.75, 3.05) is 19.6 Å². The third kappa shape index (κ3) is 4.01. The quantitative estimate of drug-likeness (QED) is 0.684. The van der Waals surface area contributed by atoms with E-state index in [1.165, 1.54) is 4.90 Å². The molecule has 11 heteroatoms. The monoisotopic (exact) mass is 433 g/mol. The van der Waals surface area contributed by atoms with E-state index in [-0.39, 0.29) is 23.1 Å². The van der Waals surface area contributed by atoms with Crippen molar-refractivity contribution in [2.24, 2.45) is 5.41 Å². The predicted octanol–water partition coefficient (Wildman–Crippen LogP) is 2.45. The van der Waals surface area contributed by atoms with Gasteiger partial charge in [0.1, 0.15) is 6.33 Å². The molecule has 0 atom stereocenters. The number of likely N-dealkylation sites (tertiary alicyclic amines) is 1. The second-order valence-electron chi connectivity index (χ2n) is 8.58. The van der Waals surface area contributed by atoms with E-state index >= 15 is 0 Å². The first-order chi connectivity index (χ1) is 14.8. The van der Waals surface area contributed by atoms with E-state index in [1.54, 1.807) is 46.1 Å². The standard InChI is InChI=1S/C20H22F3N7O/c21-20(22,23)12-28-10-19(11-28)5-3-14(4-6-19)25-17(31)16-15-2-1-8-30(15)27-18(26-16)29-9-7-24-13-29/h1-2,7-9,13-14H,3-6,10-12H2,(H,25,31). The fourth-order valence-corrected chi connectivity index (χ4v) is 4.79. The van der Waals surface area contributed by atoms with E-state index in [1.807, 2.05) is 0 Å². The van der Waals surface area contributed by atoms with Crippen molar-refractivity contribution in [2.45, 2.75) is 37.9 Å². The number of nitrogens with one attached hydrogen (secondary N) is 1. The molecule has 0 radical (unpaired) electrons. The number of hydrogen-bond donors (Lipinski definition) is 1. The van der Waals surface area contributed by atoms with Crippen LogP contribution in [0.4, 0.5) is 13.2 Å². The predicted molar refractivity (Wildman–Crippen MR) is 105 cm³/mol. The number of carbonyl (C=O) groups excluding carboxylic acids is 1. The summed E-state index contributed by atoms with van der Waals surface area (Å²) in [6.07, 6.45) is 5.61. The van der Waals surface area contributed by atoms with Gasteiger partial charge in [-0.05, 0) is 43.2 Å². The van der Waals surface area contributed by atoms with Crippen molar-refractivity contribution in [3.8, 4) is 5.95 Å². The van der Waals surface area contributed by atoms with Crippen LogP contribution < -0.4 is 5.32 Å². The maximum absolute atomic E-state index is 13.0. The van der Waals surface area contributed by atoms with Crippen LogP contribution >= 0.6 is 0 Å². The lowest BCUT2D eigenvalue weighted by Gasteiger charge is -2.53. The van der Waals surface area contributed by atoms with Crippen molar-refractivity contribution in [3.63, 3.8) is 0 Å². The molecule has 5 rings (SSSR count). The third-order valence-corrected chi connectivity index (χ3v) is 6.23. The van der Waals surface area contributed by atoms with Crippen molar-refractivity contribution in [1.82, 2.24) is 34.4 Å². The number of imidazole rings is 1. The van der Waals surface area contributed by atoms with E-state index in [0.717, 1.165) is 25.7 Å². The molecule has 2 fully saturated rings. The lowest BCUT2D eigenvalue weighted by Crippen LogP contribution is -2.60. The first kappa shape index (κ1) is 20.0. The maximum Gasteiger partial charge on any atom is 0.401 e. The minimum atomic E-state index is -4.15. The van der Waals surface area contributed by atoms with Gasteiger partial charge in [0.15, 0.2) is 5.69 Å². The molecule has 0 aromatic carbocycles. The number of carbonyl (C=O) groups is 1. The number of alkyl halides is 3. The van der Waals surface area contributed by atoms with Crippen LogP contribution in [0.25, 0.3) is 11.5 Å². The van der Waals surface area contributed by atoms with Gasteiger partial charge in [-0.3, -0.25) is 14.3 Å². The van der Waals surface area contributed by atoms with Gasteiger partial charge in [-0.15, -0.1) is 5.10 Å². The molecule has 1 saturated heterocycles. The first-order valence-electron chi connectivity index (χ1n) is 10.2. The Balaban J connectivity index is 1.24. The normalized spacial score (nSPS) is 19.6. The Morgan fingerprint density at radius 3 is 2.68 bits per heavy atom. The molecular formula is C20H22F3N7O. The highest BCUT2D eigenvalue weighted by molar-refractivity contribution is 5.99. The van der Waals surface area contributed by atoms with Crippen LogP contribution in [-0.4, -0.2) is 66.8 Å². The Morgan fingerprint density at radius 2 is 2.00 bits per heavy atom. The van der Waals surface area contributed by atoms with Crippen molar-refractivity contribution in [3.05, 3.63) is 42.7 Å². The molecule has 0 bridgehead atoms. The summed E-state index contributed by atoms with van der Waals surface area (Å²) in [5, 5.41) is 7.47. The first-order valence-corrected chi connectivity index (χ1v) is 10.2. The number of amides is 1. The van der Waals surface area contributed by atoms with Crippen molar-refractivity contribution < 1.29 is 18.0 Å². The number of rotatable bonds is 4. The molecule has 31 heavy (non-hydrogen) atoms. The van der Waals surface area contributed by atoms with E-state index in [2.05, 4.69) is 20.4 Å². The minimum absolute atomic E-state index is 0.0172. The average molecular weight is 433 g/mol. The molecule has 3 aromatic heterocycles. The summed E-state index contributed by atoms with van der Waals surface area (Å²) < 4.78 is 40.9. The summed E-state index contributed by atoms with van der Waals surface area (Å²) in [5.41, 5.74) is 0.851. The van der Waals surface area contributed by atoms with Crippen LogP contribution in [0, 0.1) is 5.41 Å². The maximum atomic E-state index is 13.0. The minimum Gasteiger partial charge on any atom is -0.348 e. The van der Waals surface area contributed by atoms with Gasteiger partial charge in [0, 0.05) is 37.7 Å². The molecule has 2 aliphatic rings. The Bertz CT molecular complexity index is 1080. The van der Waals surface area contributed by atoms with Gasteiger partial charge in [0.05, 0.1) is 12.1 Å². The molecule has 164 valence electrons. The number of hydrogen-bond acceptors (Lipinski definition) is 5. The van der Waals surface area contributed by atoms with Crippen molar-refractivity contribution >= 4 is 11.4 Å². The smallest absolute Gasteiger partial charge is 0.348 e. The highest BCUT2D eigenvalue weighted by Crippen LogP contribution is 2.44. The zero-order valence-electron chi connectivity index (χ0n) is 16.7. The summed E-state index contributed by atoms with van der Waals surface area (Å²) in [6, 6.07) is 3.56. The fraction of sp³-hybridized carbons (Fsp3) is 0.500. The average Bonchev–Trinajstić information content (AvgIpc) is 3.38. The number of fused-ring (bicyclic) bond motifs is 1. The van der Waals surface area contributed by atoms with Gasteiger partial charge in [-0.1, -0.05) is 0 Å². The fourth-order valence-electron chi connectivity index (χ4n) is 4.79. The van der Waals surface area contributed by atoms with Gasteiger partial charge in [-0.25, -0.2) is 14.5 Å². The molecule has 0 unspecified atom stereocenters. The number of aromatic nitrogens is 5. The van der Waals surface area contributed by atoms with Crippen LogP contribution in [0.2, 0.25) is 0 Å². The Hall–Kier alpha value is -2.95. The Morgan fingerprint density at radius 1 is 1.23 bits per heavy atom. The molecule has 1 saturated carbocycles. The van der Waals surface area contributed by atoms with Gasteiger partial charge >= 0.3 is 6.18 Å². The topological polar surface area (TPSA) is 80.3 Å². The van der Waals surface area contributed by atoms with E-state index in [4.69, 9.17) is 0 Å². The molecule has 4 heterocycles. The zero-order valence-corrected chi connectivity index (χ0v) is 16.7. The van der Waals surface area contributed by atoms with E-state index < -0.39 is 12.7 Å². The van der Waals surface area contributed by atoms with Crippen molar-refractivity contribution in [1.29, 1.82) is 0 Å². The van der Waals surface area contributed by atoms with Gasteiger partial charge in [-0.2, -0.15) is 13.2 Å². The highest BCUT2D eigenvalue weighted by Gasteiger charge is 2.48. The van der Waals surface area contributed by atoms with Gasteiger partial charge in [0.25, 0.3) is 11.9 Å². The SMILES string of the molecule is O=C(NC1CCC2(CC1)CN(CC(F)(F)F)C2)c1nc(-n2ccnc2)nn2cccc12. The summed E-state index contributed by atoms with van der Waals surface area (Å²) in [4.78, 5) is 22.9. The Labute approximate surface area is 176 Å². The summed E-state index contributed by atoms with van der Waals surface area (Å²) in [5.74, 6) is 0.0638. The largest absolute Gasteiger partial charge is 0.401 e. The second-order valence-corrected chi connectivity index (χ2v) is 8.58. The summed E-state index contributed by atoms with van der Waals surface area (Å²) >= 11 is 0. The van der Waals surface area contributed by atoms with Crippen LogP contribution in [0.15, 0.2) is 37.1 Å². The second kappa shape index (κ2) is 7.33. The van der Waals surface area contributed by atoms with Gasteiger partial charge < -0.3 is 5.32 Å². The molecule has 1 aliphatic carbocycles. The molecule has 8 nitrogen and oxygen atoms in total. The molecule has 1 spiro atoms. The molecular weight excluding hydrogens is 411 g/mol.